The standard InChI is InChI=1S/C11H6Cl2N2O2/c1-16-11-8(2-6(12)3-9(11)13)10-4-7(5-14)15-17-10/h2-4H,1H3. The van der Waals surface area contributed by atoms with Gasteiger partial charge in [-0.2, -0.15) is 5.26 Å². The predicted molar refractivity (Wildman–Crippen MR) is 63.2 cm³/mol. The monoisotopic (exact) mass is 268 g/mol. The largest absolute Gasteiger partial charge is 0.494 e. The van der Waals surface area contributed by atoms with Crippen LogP contribution >= 0.6 is 23.2 Å². The Morgan fingerprint density at radius 3 is 2.71 bits per heavy atom. The van der Waals surface area contributed by atoms with Gasteiger partial charge in [-0.1, -0.05) is 28.4 Å². The van der Waals surface area contributed by atoms with E-state index < -0.39 is 0 Å². The molecular weight excluding hydrogens is 263 g/mol. The second-order valence-corrected chi connectivity index (χ2v) is 4.00. The average molecular weight is 269 g/mol. The van der Waals surface area contributed by atoms with Gasteiger partial charge in [0.1, 0.15) is 11.8 Å². The van der Waals surface area contributed by atoms with Crippen LogP contribution in [-0.2, 0) is 0 Å². The first-order chi connectivity index (χ1) is 8.15. The van der Waals surface area contributed by atoms with Gasteiger partial charge in [0.05, 0.1) is 17.7 Å². The molecule has 0 aliphatic rings. The van der Waals surface area contributed by atoms with Crippen LogP contribution in [0.5, 0.6) is 5.75 Å². The summed E-state index contributed by atoms with van der Waals surface area (Å²) in [5, 5.41) is 13.1. The molecule has 0 bridgehead atoms. The molecule has 0 atom stereocenters. The third-order valence-corrected chi connectivity index (χ3v) is 2.60. The van der Waals surface area contributed by atoms with E-state index in [0.29, 0.717) is 27.1 Å². The molecule has 0 saturated carbocycles. The Balaban J connectivity index is 2.62. The number of hydrogen-bond acceptors (Lipinski definition) is 4. The van der Waals surface area contributed by atoms with Crippen molar-refractivity contribution in [2.24, 2.45) is 0 Å². The Kier molecular flexibility index (Phi) is 3.23. The lowest BCUT2D eigenvalue weighted by atomic mass is 10.1. The minimum Gasteiger partial charge on any atom is -0.494 e. The summed E-state index contributed by atoms with van der Waals surface area (Å²) in [6.45, 7) is 0. The van der Waals surface area contributed by atoms with E-state index in [1.807, 2.05) is 6.07 Å². The number of nitriles is 1. The number of methoxy groups -OCH3 is 1. The van der Waals surface area contributed by atoms with Crippen molar-refractivity contribution in [1.29, 1.82) is 5.26 Å². The van der Waals surface area contributed by atoms with E-state index in [4.69, 9.17) is 37.7 Å². The molecule has 1 aromatic carbocycles. The van der Waals surface area contributed by atoms with E-state index in [0.717, 1.165) is 0 Å². The van der Waals surface area contributed by atoms with Gasteiger partial charge in [0.15, 0.2) is 11.5 Å². The van der Waals surface area contributed by atoms with Crippen molar-refractivity contribution < 1.29 is 9.26 Å². The van der Waals surface area contributed by atoms with Crippen LogP contribution in [0.1, 0.15) is 5.69 Å². The first kappa shape index (κ1) is 11.8. The fourth-order valence-electron chi connectivity index (χ4n) is 1.41. The number of benzene rings is 1. The summed E-state index contributed by atoms with van der Waals surface area (Å²) in [5.41, 5.74) is 0.733. The van der Waals surface area contributed by atoms with Gasteiger partial charge in [0, 0.05) is 11.1 Å². The van der Waals surface area contributed by atoms with Crippen molar-refractivity contribution in [3.8, 4) is 23.1 Å². The molecule has 2 rings (SSSR count). The fraction of sp³-hybridized carbons (Fsp3) is 0.0909. The molecular formula is C11H6Cl2N2O2. The highest BCUT2D eigenvalue weighted by molar-refractivity contribution is 6.36. The molecule has 0 N–H and O–H groups in total. The average Bonchev–Trinajstić information content (AvgIpc) is 2.76. The molecule has 0 fully saturated rings. The Hall–Kier alpha value is -1.70. The van der Waals surface area contributed by atoms with Crippen LogP contribution in [0.4, 0.5) is 0 Å². The summed E-state index contributed by atoms with van der Waals surface area (Å²) < 4.78 is 10.2. The lowest BCUT2D eigenvalue weighted by Gasteiger charge is -2.08. The zero-order chi connectivity index (χ0) is 12.4. The molecule has 86 valence electrons. The third kappa shape index (κ3) is 2.21. The van der Waals surface area contributed by atoms with Crippen LogP contribution in [0.25, 0.3) is 11.3 Å². The maximum Gasteiger partial charge on any atom is 0.184 e. The molecule has 4 nitrogen and oxygen atoms in total. The summed E-state index contributed by atoms with van der Waals surface area (Å²) >= 11 is 11.9. The highest BCUT2D eigenvalue weighted by Crippen LogP contribution is 2.38. The second-order valence-electron chi connectivity index (χ2n) is 3.16. The van der Waals surface area contributed by atoms with E-state index in [2.05, 4.69) is 5.16 Å². The Bertz CT molecular complexity index is 602. The number of halogens is 2. The topological polar surface area (TPSA) is 59.0 Å². The maximum absolute atomic E-state index is 8.68. The highest BCUT2D eigenvalue weighted by atomic mass is 35.5. The minimum atomic E-state index is 0.179. The number of hydrogen-bond donors (Lipinski definition) is 0. The molecule has 1 heterocycles. The smallest absolute Gasteiger partial charge is 0.184 e. The van der Waals surface area contributed by atoms with Crippen LogP contribution < -0.4 is 4.74 Å². The van der Waals surface area contributed by atoms with Crippen molar-refractivity contribution in [2.45, 2.75) is 0 Å². The van der Waals surface area contributed by atoms with Gasteiger partial charge < -0.3 is 9.26 Å². The normalized spacial score (nSPS) is 10.0. The summed E-state index contributed by atoms with van der Waals surface area (Å²) in [5.74, 6) is 0.805. The van der Waals surface area contributed by atoms with Crippen molar-refractivity contribution >= 4 is 23.2 Å². The summed E-state index contributed by atoms with van der Waals surface area (Å²) in [4.78, 5) is 0. The van der Waals surface area contributed by atoms with E-state index in [1.165, 1.54) is 13.2 Å². The molecule has 0 unspecified atom stereocenters. The number of aromatic nitrogens is 1. The van der Waals surface area contributed by atoms with Crippen molar-refractivity contribution in [3.63, 3.8) is 0 Å². The van der Waals surface area contributed by atoms with Crippen molar-refractivity contribution in [2.75, 3.05) is 7.11 Å². The summed E-state index contributed by atoms with van der Waals surface area (Å²) in [6.07, 6.45) is 0. The van der Waals surface area contributed by atoms with E-state index in [1.54, 1.807) is 12.1 Å². The Morgan fingerprint density at radius 1 is 1.35 bits per heavy atom. The van der Waals surface area contributed by atoms with Crippen LogP contribution in [0.15, 0.2) is 22.7 Å². The molecule has 17 heavy (non-hydrogen) atoms. The summed E-state index contributed by atoms with van der Waals surface area (Å²) in [7, 11) is 1.49. The maximum atomic E-state index is 8.68. The van der Waals surface area contributed by atoms with Crippen molar-refractivity contribution in [1.82, 2.24) is 5.16 Å². The Labute approximate surface area is 107 Å². The molecule has 0 aliphatic heterocycles. The SMILES string of the molecule is COc1c(Cl)cc(Cl)cc1-c1cc(C#N)no1. The lowest BCUT2D eigenvalue weighted by Crippen LogP contribution is -1.88. The van der Waals surface area contributed by atoms with Crippen LogP contribution in [0.2, 0.25) is 10.0 Å². The van der Waals surface area contributed by atoms with Gasteiger partial charge in [-0.25, -0.2) is 0 Å². The second kappa shape index (κ2) is 4.66. The lowest BCUT2D eigenvalue weighted by molar-refractivity contribution is 0.406. The van der Waals surface area contributed by atoms with Crippen LogP contribution in [-0.4, -0.2) is 12.3 Å². The minimum absolute atomic E-state index is 0.179. The quantitative estimate of drug-likeness (QED) is 0.836. The molecule has 2 aromatic rings. The fourth-order valence-corrected chi connectivity index (χ4v) is 1.98. The summed E-state index contributed by atoms with van der Waals surface area (Å²) in [6, 6.07) is 6.56. The molecule has 0 radical (unpaired) electrons. The third-order valence-electron chi connectivity index (χ3n) is 2.10. The van der Waals surface area contributed by atoms with Gasteiger partial charge in [-0.3, -0.25) is 0 Å². The van der Waals surface area contributed by atoms with Gasteiger partial charge >= 0.3 is 0 Å². The predicted octanol–water partition coefficient (Wildman–Crippen LogP) is 3.53. The van der Waals surface area contributed by atoms with E-state index in [9.17, 15) is 0 Å². The van der Waals surface area contributed by atoms with Crippen LogP contribution in [0, 0.1) is 11.3 Å². The Morgan fingerprint density at radius 2 is 2.12 bits per heavy atom. The molecule has 0 aliphatic carbocycles. The number of rotatable bonds is 2. The van der Waals surface area contributed by atoms with Crippen molar-refractivity contribution in [3.05, 3.63) is 33.9 Å². The van der Waals surface area contributed by atoms with Gasteiger partial charge in [0.25, 0.3) is 0 Å². The molecule has 1 aromatic heterocycles. The van der Waals surface area contributed by atoms with Crippen LogP contribution in [0.3, 0.4) is 0 Å². The van der Waals surface area contributed by atoms with Gasteiger partial charge in [0.2, 0.25) is 0 Å². The molecule has 0 saturated heterocycles. The molecule has 0 amide bonds. The van der Waals surface area contributed by atoms with Gasteiger partial charge in [-0.15, -0.1) is 0 Å². The van der Waals surface area contributed by atoms with Gasteiger partial charge in [-0.05, 0) is 12.1 Å². The number of ether oxygens (including phenoxy) is 1. The molecule has 6 heteroatoms. The first-order valence-corrected chi connectivity index (χ1v) is 5.31. The van der Waals surface area contributed by atoms with E-state index >= 15 is 0 Å². The zero-order valence-electron chi connectivity index (χ0n) is 8.70. The highest BCUT2D eigenvalue weighted by Gasteiger charge is 2.16. The molecule has 0 spiro atoms. The van der Waals surface area contributed by atoms with E-state index in [-0.39, 0.29) is 5.69 Å². The number of nitrogens with zero attached hydrogens (tertiary/aromatic N) is 2. The first-order valence-electron chi connectivity index (χ1n) is 4.56. The zero-order valence-corrected chi connectivity index (χ0v) is 10.2.